The standard InChI is InChI=1S/C16H14N2O3/c1-20-14-5-7-15(8-6-14)21-11-16(19)18-13-4-2-3-12(9-13)10-17/h2-9H,11H2,1H3,(H,18,19). The van der Waals surface area contributed by atoms with E-state index in [1.54, 1.807) is 55.6 Å². The first-order chi connectivity index (χ1) is 10.2. The second-order valence-electron chi connectivity index (χ2n) is 4.20. The van der Waals surface area contributed by atoms with Crippen molar-refractivity contribution < 1.29 is 14.3 Å². The van der Waals surface area contributed by atoms with Crippen LogP contribution in [0.3, 0.4) is 0 Å². The second kappa shape index (κ2) is 6.96. The first-order valence-corrected chi connectivity index (χ1v) is 6.28. The van der Waals surface area contributed by atoms with Gasteiger partial charge in [0.05, 0.1) is 18.7 Å². The quantitative estimate of drug-likeness (QED) is 0.915. The van der Waals surface area contributed by atoms with Gasteiger partial charge in [-0.1, -0.05) is 6.07 Å². The number of benzene rings is 2. The molecule has 0 aliphatic heterocycles. The third kappa shape index (κ3) is 4.25. The van der Waals surface area contributed by atoms with Crippen molar-refractivity contribution in [3.05, 3.63) is 54.1 Å². The first-order valence-electron chi connectivity index (χ1n) is 6.28. The highest BCUT2D eigenvalue weighted by Crippen LogP contribution is 2.17. The van der Waals surface area contributed by atoms with Crippen LogP contribution in [-0.4, -0.2) is 19.6 Å². The van der Waals surface area contributed by atoms with Gasteiger partial charge in [0.25, 0.3) is 5.91 Å². The fourth-order valence-electron chi connectivity index (χ4n) is 1.68. The van der Waals surface area contributed by atoms with Crippen LogP contribution in [0, 0.1) is 11.3 Å². The van der Waals surface area contributed by atoms with Crippen molar-refractivity contribution in [2.45, 2.75) is 0 Å². The first kappa shape index (κ1) is 14.4. The van der Waals surface area contributed by atoms with Crippen molar-refractivity contribution >= 4 is 11.6 Å². The lowest BCUT2D eigenvalue weighted by Crippen LogP contribution is -2.20. The number of nitrogens with zero attached hydrogens (tertiary/aromatic N) is 1. The van der Waals surface area contributed by atoms with E-state index in [1.807, 2.05) is 6.07 Å². The molecule has 2 rings (SSSR count). The highest BCUT2D eigenvalue weighted by molar-refractivity contribution is 5.92. The molecule has 5 nitrogen and oxygen atoms in total. The van der Waals surface area contributed by atoms with Crippen LogP contribution in [0.5, 0.6) is 11.5 Å². The van der Waals surface area contributed by atoms with E-state index >= 15 is 0 Å². The summed E-state index contributed by atoms with van der Waals surface area (Å²) in [4.78, 5) is 11.8. The van der Waals surface area contributed by atoms with Crippen LogP contribution in [0.25, 0.3) is 0 Å². The molecule has 2 aromatic rings. The molecular weight excluding hydrogens is 268 g/mol. The molecule has 2 aromatic carbocycles. The Kier molecular flexibility index (Phi) is 4.78. The average Bonchev–Trinajstić information content (AvgIpc) is 2.53. The molecular formula is C16H14N2O3. The maximum Gasteiger partial charge on any atom is 0.262 e. The van der Waals surface area contributed by atoms with Crippen molar-refractivity contribution in [3.8, 4) is 17.6 Å². The Balaban J connectivity index is 1.88. The molecule has 1 amide bonds. The largest absolute Gasteiger partial charge is 0.497 e. The molecule has 0 saturated heterocycles. The zero-order valence-corrected chi connectivity index (χ0v) is 11.5. The summed E-state index contributed by atoms with van der Waals surface area (Å²) in [6.07, 6.45) is 0. The molecule has 0 saturated carbocycles. The van der Waals surface area contributed by atoms with E-state index in [2.05, 4.69) is 5.32 Å². The van der Waals surface area contributed by atoms with Crippen molar-refractivity contribution in [1.29, 1.82) is 5.26 Å². The second-order valence-corrected chi connectivity index (χ2v) is 4.20. The Hall–Kier alpha value is -3.00. The highest BCUT2D eigenvalue weighted by Gasteiger charge is 2.04. The molecule has 0 radical (unpaired) electrons. The molecule has 0 unspecified atom stereocenters. The SMILES string of the molecule is COc1ccc(OCC(=O)Nc2cccc(C#N)c2)cc1. The summed E-state index contributed by atoms with van der Waals surface area (Å²) in [5.41, 5.74) is 1.06. The highest BCUT2D eigenvalue weighted by atomic mass is 16.5. The summed E-state index contributed by atoms with van der Waals surface area (Å²) in [7, 11) is 1.58. The molecule has 5 heteroatoms. The van der Waals surface area contributed by atoms with Gasteiger partial charge >= 0.3 is 0 Å². The van der Waals surface area contributed by atoms with Gasteiger partial charge in [0, 0.05) is 5.69 Å². The van der Waals surface area contributed by atoms with Gasteiger partial charge in [-0.15, -0.1) is 0 Å². The molecule has 0 atom stereocenters. The molecule has 0 aromatic heterocycles. The van der Waals surface area contributed by atoms with Gasteiger partial charge in [0.2, 0.25) is 0 Å². The van der Waals surface area contributed by atoms with E-state index < -0.39 is 0 Å². The summed E-state index contributed by atoms with van der Waals surface area (Å²) in [5.74, 6) is 1.01. The van der Waals surface area contributed by atoms with Crippen LogP contribution >= 0.6 is 0 Å². The monoisotopic (exact) mass is 282 g/mol. The average molecular weight is 282 g/mol. The number of carbonyl (C=O) groups is 1. The Morgan fingerprint density at radius 2 is 1.90 bits per heavy atom. The van der Waals surface area contributed by atoms with Crippen LogP contribution in [-0.2, 0) is 4.79 Å². The number of methoxy groups -OCH3 is 1. The molecule has 0 aliphatic rings. The third-order valence-corrected chi connectivity index (χ3v) is 2.70. The number of amides is 1. The maximum atomic E-state index is 11.8. The van der Waals surface area contributed by atoms with Crippen molar-refractivity contribution in [2.24, 2.45) is 0 Å². The lowest BCUT2D eigenvalue weighted by molar-refractivity contribution is -0.118. The number of anilines is 1. The molecule has 0 fully saturated rings. The zero-order valence-electron chi connectivity index (χ0n) is 11.5. The number of nitrogens with one attached hydrogen (secondary N) is 1. The summed E-state index contributed by atoms with van der Waals surface area (Å²) < 4.78 is 10.4. The van der Waals surface area contributed by atoms with E-state index in [1.165, 1.54) is 0 Å². The zero-order chi connectivity index (χ0) is 15.1. The summed E-state index contributed by atoms with van der Waals surface area (Å²) in [6, 6.07) is 15.7. The predicted octanol–water partition coefficient (Wildman–Crippen LogP) is 2.58. The minimum Gasteiger partial charge on any atom is -0.497 e. The van der Waals surface area contributed by atoms with Crippen molar-refractivity contribution in [1.82, 2.24) is 0 Å². The molecule has 0 aliphatic carbocycles. The fraction of sp³-hybridized carbons (Fsp3) is 0.125. The van der Waals surface area contributed by atoms with Gasteiger partial charge in [0.1, 0.15) is 11.5 Å². The molecule has 21 heavy (non-hydrogen) atoms. The Morgan fingerprint density at radius 1 is 1.19 bits per heavy atom. The number of rotatable bonds is 5. The van der Waals surface area contributed by atoms with Crippen LogP contribution in [0.2, 0.25) is 0 Å². The Bertz CT molecular complexity index is 660. The summed E-state index contributed by atoms with van der Waals surface area (Å²) in [6.45, 7) is -0.108. The van der Waals surface area contributed by atoms with E-state index in [-0.39, 0.29) is 12.5 Å². The maximum absolute atomic E-state index is 11.8. The van der Waals surface area contributed by atoms with Gasteiger partial charge in [-0.2, -0.15) is 5.26 Å². The number of nitriles is 1. The van der Waals surface area contributed by atoms with Gasteiger partial charge < -0.3 is 14.8 Å². The molecule has 0 spiro atoms. The van der Waals surface area contributed by atoms with Crippen molar-refractivity contribution in [2.75, 3.05) is 19.0 Å². The van der Waals surface area contributed by atoms with Crippen LogP contribution in [0.15, 0.2) is 48.5 Å². The smallest absolute Gasteiger partial charge is 0.262 e. The number of ether oxygens (including phenoxy) is 2. The minimum atomic E-state index is -0.291. The van der Waals surface area contributed by atoms with Gasteiger partial charge in [-0.3, -0.25) is 4.79 Å². The Morgan fingerprint density at radius 3 is 2.57 bits per heavy atom. The van der Waals surface area contributed by atoms with Crippen LogP contribution < -0.4 is 14.8 Å². The molecule has 1 N–H and O–H groups in total. The normalized spacial score (nSPS) is 9.52. The summed E-state index contributed by atoms with van der Waals surface area (Å²) >= 11 is 0. The number of hydrogen-bond donors (Lipinski definition) is 1. The fourth-order valence-corrected chi connectivity index (χ4v) is 1.68. The Labute approximate surface area is 122 Å². The number of hydrogen-bond acceptors (Lipinski definition) is 4. The van der Waals surface area contributed by atoms with E-state index in [0.29, 0.717) is 17.0 Å². The molecule has 106 valence electrons. The van der Waals surface area contributed by atoms with Crippen LogP contribution in [0.1, 0.15) is 5.56 Å². The van der Waals surface area contributed by atoms with Crippen LogP contribution in [0.4, 0.5) is 5.69 Å². The van der Waals surface area contributed by atoms with E-state index in [9.17, 15) is 4.79 Å². The van der Waals surface area contributed by atoms with Crippen molar-refractivity contribution in [3.63, 3.8) is 0 Å². The number of carbonyl (C=O) groups excluding carboxylic acids is 1. The lowest BCUT2D eigenvalue weighted by atomic mass is 10.2. The topological polar surface area (TPSA) is 71.3 Å². The molecule has 0 heterocycles. The van der Waals surface area contributed by atoms with Gasteiger partial charge in [0.15, 0.2) is 6.61 Å². The summed E-state index contributed by atoms with van der Waals surface area (Å²) in [5, 5.41) is 11.5. The third-order valence-electron chi connectivity index (χ3n) is 2.70. The van der Waals surface area contributed by atoms with E-state index in [4.69, 9.17) is 14.7 Å². The van der Waals surface area contributed by atoms with Gasteiger partial charge in [-0.25, -0.2) is 0 Å². The predicted molar refractivity (Wildman–Crippen MR) is 78.3 cm³/mol. The molecule has 0 bridgehead atoms. The minimum absolute atomic E-state index is 0.108. The van der Waals surface area contributed by atoms with E-state index in [0.717, 1.165) is 5.75 Å². The van der Waals surface area contributed by atoms with Gasteiger partial charge in [-0.05, 0) is 42.5 Å². The lowest BCUT2D eigenvalue weighted by Gasteiger charge is -2.08.